The second-order valence-corrected chi connectivity index (χ2v) is 16.1. The van der Waals surface area contributed by atoms with Gasteiger partial charge in [-0.15, -0.1) is 0 Å². The quantitative estimate of drug-likeness (QED) is 0.0377. The zero-order valence-corrected chi connectivity index (χ0v) is 37.2. The van der Waals surface area contributed by atoms with E-state index < -0.39 is 158 Å². The molecule has 9 atom stereocenters. The third-order valence-corrected chi connectivity index (χ3v) is 10.8. The fraction of sp³-hybridized carbons (Fsp3) is 0.512. The highest BCUT2D eigenvalue weighted by Gasteiger charge is 2.41. The molecule has 0 aliphatic carbocycles. The van der Waals surface area contributed by atoms with Crippen LogP contribution in [0.1, 0.15) is 63.9 Å². The minimum absolute atomic E-state index is 0.0364. The lowest BCUT2D eigenvalue weighted by atomic mass is 10.0. The third-order valence-electron chi connectivity index (χ3n) is 10.8. The maximum atomic E-state index is 14.1. The Balaban J connectivity index is 1.86. The second kappa shape index (κ2) is 26.0. The number of nitrogens with one attached hydrogen (secondary N) is 7. The van der Waals surface area contributed by atoms with Crippen molar-refractivity contribution in [3.8, 4) is 0 Å². The molecule has 9 amide bonds. The summed E-state index contributed by atoms with van der Waals surface area (Å²) in [7, 11) is 0. The minimum atomic E-state index is -1.98. The number of amides is 9. The number of carboxylic acids is 3. The fourth-order valence-electron chi connectivity index (χ4n) is 7.18. The summed E-state index contributed by atoms with van der Waals surface area (Å²) in [6.45, 7) is -0.126. The van der Waals surface area contributed by atoms with Crippen LogP contribution in [-0.4, -0.2) is 174 Å². The molecule has 1 aliphatic heterocycles. The molecule has 1 aromatic carbocycles. The van der Waals surface area contributed by atoms with Gasteiger partial charge in [0.25, 0.3) is 0 Å². The number of H-pyrrole nitrogens is 1. The fourth-order valence-corrected chi connectivity index (χ4v) is 7.18. The van der Waals surface area contributed by atoms with Crippen molar-refractivity contribution in [2.45, 2.75) is 119 Å². The Hall–Kier alpha value is -7.72. The Bertz CT molecular complexity index is 2270. The van der Waals surface area contributed by atoms with Crippen LogP contribution in [0.3, 0.4) is 0 Å². The number of aliphatic hydroxyl groups excluding tert-OH is 2. The number of nitrogens with two attached hydrogens (primary N) is 3. The molecule has 2 aromatic rings. The van der Waals surface area contributed by atoms with Gasteiger partial charge >= 0.3 is 17.9 Å². The number of hydrogen-bond acceptors (Lipinski definition) is 15. The lowest BCUT2D eigenvalue weighted by Crippen LogP contribution is -2.61. The van der Waals surface area contributed by atoms with E-state index in [1.54, 1.807) is 30.5 Å². The first-order valence-corrected chi connectivity index (χ1v) is 21.4. The summed E-state index contributed by atoms with van der Waals surface area (Å²) in [5.74, 6) is -14.7. The van der Waals surface area contributed by atoms with E-state index in [-0.39, 0.29) is 38.6 Å². The number of benzene rings is 1. The van der Waals surface area contributed by atoms with Gasteiger partial charge in [-0.25, -0.2) is 4.79 Å². The molecule has 28 nitrogen and oxygen atoms in total. The van der Waals surface area contributed by atoms with E-state index in [0.29, 0.717) is 16.5 Å². The number of aliphatic hydroxyl groups is 2. The van der Waals surface area contributed by atoms with Crippen LogP contribution in [0.15, 0.2) is 30.5 Å². The van der Waals surface area contributed by atoms with Gasteiger partial charge in [0, 0.05) is 42.9 Å². The average Bonchev–Trinajstić information content (AvgIpc) is 3.94. The molecule has 69 heavy (non-hydrogen) atoms. The van der Waals surface area contributed by atoms with Gasteiger partial charge in [0.1, 0.15) is 36.3 Å². The van der Waals surface area contributed by atoms with E-state index in [1.807, 2.05) is 0 Å². The lowest BCUT2D eigenvalue weighted by Gasteiger charge is -2.30. The van der Waals surface area contributed by atoms with Crippen LogP contribution in [0.4, 0.5) is 0 Å². The van der Waals surface area contributed by atoms with Gasteiger partial charge in [-0.2, -0.15) is 0 Å². The number of likely N-dealkylation sites (tertiary alicyclic amines) is 1. The average molecular weight is 976 g/mol. The van der Waals surface area contributed by atoms with Crippen molar-refractivity contribution in [3.63, 3.8) is 0 Å². The van der Waals surface area contributed by atoms with Gasteiger partial charge in [0.15, 0.2) is 6.04 Å². The number of carbonyl (C=O) groups is 12. The Morgan fingerprint density at radius 2 is 1.30 bits per heavy atom. The first-order valence-electron chi connectivity index (χ1n) is 21.4. The van der Waals surface area contributed by atoms with E-state index in [1.165, 1.54) is 0 Å². The van der Waals surface area contributed by atoms with Gasteiger partial charge in [0.05, 0.1) is 31.6 Å². The highest BCUT2D eigenvalue weighted by molar-refractivity contribution is 6.00. The van der Waals surface area contributed by atoms with Crippen molar-refractivity contribution in [2.75, 3.05) is 13.2 Å². The van der Waals surface area contributed by atoms with Gasteiger partial charge in [-0.05, 0) is 44.2 Å². The van der Waals surface area contributed by atoms with E-state index in [4.69, 9.17) is 17.2 Å². The van der Waals surface area contributed by atoms with Gasteiger partial charge in [0.2, 0.25) is 53.2 Å². The Labute approximate surface area is 391 Å². The molecule has 0 unspecified atom stereocenters. The van der Waals surface area contributed by atoms with Crippen LogP contribution in [0, 0.1) is 0 Å². The molecule has 0 saturated carbocycles. The molecule has 3 rings (SSSR count). The zero-order valence-electron chi connectivity index (χ0n) is 37.2. The predicted molar refractivity (Wildman–Crippen MR) is 234 cm³/mol. The largest absolute Gasteiger partial charge is 0.481 e. The highest BCUT2D eigenvalue weighted by atomic mass is 16.4. The number of aromatic amines is 1. The molecule has 1 fully saturated rings. The predicted octanol–water partition coefficient (Wildman–Crippen LogP) is -6.12. The summed E-state index contributed by atoms with van der Waals surface area (Å²) in [5, 5.41) is 62.5. The van der Waals surface area contributed by atoms with Crippen molar-refractivity contribution in [1.82, 2.24) is 41.8 Å². The molecule has 0 spiro atoms. The Kier molecular flexibility index (Phi) is 20.9. The Morgan fingerprint density at radius 3 is 1.90 bits per heavy atom. The standard InChI is InChI=1S/C41H57N11O17/c1-18(54)33(41(68)69)51-37(64)24(13-19-16-45-22-6-3-2-5-20(19)22)48-39(66)28-7-4-12-52(28)40(67)26(15-32(59)60)49-35(62)23(9-11-31(57)58)46-36(63)25(14-30(44)56)47-38(65)27(17-53)50-34(61)21(42)8-10-29(43)55/h2-3,5-6,16,18,21,23-28,33,45,53-54H,4,7-15,17,42H2,1H3,(H2,43,55)(H2,44,56)(H,46,63)(H,47,65)(H,48,66)(H,49,62)(H,50,61)(H,51,64)(H,57,58)(H,59,60)(H,68,69)/t18-,21+,23+,24+,25+,26+,27+,28+,33+/m1/s1. The number of primary amides is 2. The Morgan fingerprint density at radius 1 is 0.710 bits per heavy atom. The van der Waals surface area contributed by atoms with Crippen molar-refractivity contribution in [2.24, 2.45) is 17.2 Å². The number of aromatic nitrogens is 1. The number of carboxylic acid groups (broad SMARTS) is 3. The summed E-state index contributed by atoms with van der Waals surface area (Å²) < 4.78 is 0. The molecule has 0 bridgehead atoms. The SMILES string of the molecule is C[C@@H](O)[C@H](NC(=O)[C@H](Cc1c[nH]c2ccccc12)NC(=O)[C@@H]1CCCN1C(=O)[C@H](CC(=O)O)NC(=O)[C@H](CCC(=O)O)NC(=O)[C@H](CC(N)=O)NC(=O)[C@H](CO)NC(=O)[C@@H](N)CCC(N)=O)C(=O)O. The zero-order chi connectivity index (χ0) is 51.7. The van der Waals surface area contributed by atoms with E-state index in [0.717, 1.165) is 11.8 Å². The lowest BCUT2D eigenvalue weighted by molar-refractivity contribution is -0.146. The summed E-state index contributed by atoms with van der Waals surface area (Å²) in [6, 6.07) is -6.76. The molecule has 378 valence electrons. The van der Waals surface area contributed by atoms with Crippen molar-refractivity contribution >= 4 is 82.0 Å². The molecular formula is C41H57N11O17. The summed E-state index contributed by atoms with van der Waals surface area (Å²) >= 11 is 0. The monoisotopic (exact) mass is 975 g/mol. The molecule has 1 aromatic heterocycles. The van der Waals surface area contributed by atoms with Crippen LogP contribution in [0.25, 0.3) is 10.9 Å². The molecule has 0 radical (unpaired) electrons. The maximum Gasteiger partial charge on any atom is 0.328 e. The first-order chi connectivity index (χ1) is 32.4. The topological polar surface area (TPSA) is 475 Å². The molecular weight excluding hydrogens is 919 g/mol. The van der Waals surface area contributed by atoms with E-state index in [2.05, 4.69) is 36.9 Å². The maximum absolute atomic E-state index is 14.1. The first kappa shape index (κ1) is 55.6. The number of rotatable bonds is 28. The highest BCUT2D eigenvalue weighted by Crippen LogP contribution is 2.22. The second-order valence-electron chi connectivity index (χ2n) is 16.1. The normalized spacial score (nSPS) is 16.8. The van der Waals surface area contributed by atoms with Crippen molar-refractivity contribution in [1.29, 1.82) is 0 Å². The summed E-state index contributed by atoms with van der Waals surface area (Å²) in [5.41, 5.74) is 17.2. The molecule has 2 heterocycles. The number of para-hydroxylation sites is 1. The van der Waals surface area contributed by atoms with Crippen molar-refractivity contribution < 1.29 is 83.1 Å². The number of aliphatic carboxylic acids is 3. The van der Waals surface area contributed by atoms with Crippen LogP contribution < -0.4 is 49.1 Å². The van der Waals surface area contributed by atoms with Gasteiger partial charge < -0.3 is 84.5 Å². The third kappa shape index (κ3) is 16.8. The smallest absolute Gasteiger partial charge is 0.328 e. The van der Waals surface area contributed by atoms with Crippen LogP contribution in [-0.2, 0) is 64.0 Å². The number of hydrogen-bond donors (Lipinski definition) is 15. The van der Waals surface area contributed by atoms with Gasteiger partial charge in [-0.1, -0.05) is 18.2 Å². The van der Waals surface area contributed by atoms with Gasteiger partial charge in [-0.3, -0.25) is 52.7 Å². The summed E-state index contributed by atoms with van der Waals surface area (Å²) in [4.78, 5) is 157. The van der Waals surface area contributed by atoms with Crippen LogP contribution >= 0.6 is 0 Å². The van der Waals surface area contributed by atoms with E-state index in [9.17, 15) is 83.1 Å². The number of carbonyl (C=O) groups excluding carboxylic acids is 9. The minimum Gasteiger partial charge on any atom is -0.481 e. The van der Waals surface area contributed by atoms with Crippen molar-refractivity contribution in [3.05, 3.63) is 36.0 Å². The van der Waals surface area contributed by atoms with Crippen LogP contribution in [0.5, 0.6) is 0 Å². The molecule has 1 aliphatic rings. The molecule has 18 N–H and O–H groups in total. The summed E-state index contributed by atoms with van der Waals surface area (Å²) in [6.07, 6.45) is -4.24. The van der Waals surface area contributed by atoms with E-state index >= 15 is 0 Å². The van der Waals surface area contributed by atoms with Crippen LogP contribution in [0.2, 0.25) is 0 Å². The molecule has 28 heteroatoms. The number of nitrogens with zero attached hydrogens (tertiary/aromatic N) is 1. The molecule has 1 saturated heterocycles. The number of fused-ring (bicyclic) bond motifs is 1.